The Morgan fingerprint density at radius 1 is 1.40 bits per heavy atom. The molecule has 1 heterocycles. The molecule has 1 aromatic heterocycles. The lowest BCUT2D eigenvalue weighted by atomic mass is 10.1. The van der Waals surface area contributed by atoms with E-state index in [1.54, 1.807) is 6.07 Å². The zero-order chi connectivity index (χ0) is 18.4. The van der Waals surface area contributed by atoms with Gasteiger partial charge in [-0.15, -0.1) is 0 Å². The normalized spacial score (nSPS) is 11.7. The van der Waals surface area contributed by atoms with E-state index in [0.29, 0.717) is 18.5 Å². The van der Waals surface area contributed by atoms with Crippen molar-refractivity contribution in [3.63, 3.8) is 0 Å². The van der Waals surface area contributed by atoms with Gasteiger partial charge in [0.15, 0.2) is 5.69 Å². The van der Waals surface area contributed by atoms with Crippen molar-refractivity contribution in [3.05, 3.63) is 52.3 Å². The summed E-state index contributed by atoms with van der Waals surface area (Å²) in [5.74, 6) is -1.70. The van der Waals surface area contributed by atoms with Crippen LogP contribution >= 0.6 is 0 Å². The molecule has 9 nitrogen and oxygen atoms in total. The molecule has 0 bridgehead atoms. The summed E-state index contributed by atoms with van der Waals surface area (Å²) in [7, 11) is 0. The van der Waals surface area contributed by atoms with Crippen LogP contribution < -0.4 is 5.32 Å². The van der Waals surface area contributed by atoms with Crippen LogP contribution in [0.1, 0.15) is 36.7 Å². The number of nitro groups is 1. The van der Waals surface area contributed by atoms with E-state index >= 15 is 0 Å². The third-order valence-electron chi connectivity index (χ3n) is 3.58. The molecule has 0 aliphatic rings. The predicted molar refractivity (Wildman–Crippen MR) is 88.6 cm³/mol. The monoisotopic (exact) mass is 346 g/mol. The number of amides is 1. The van der Waals surface area contributed by atoms with Gasteiger partial charge in [0, 0.05) is 18.3 Å². The van der Waals surface area contributed by atoms with Gasteiger partial charge in [-0.1, -0.05) is 25.8 Å². The molecule has 25 heavy (non-hydrogen) atoms. The van der Waals surface area contributed by atoms with Crippen LogP contribution in [0.25, 0.3) is 5.69 Å². The second-order valence-electron chi connectivity index (χ2n) is 5.43. The number of aliphatic carboxylic acids is 1. The first-order chi connectivity index (χ1) is 11.9. The number of aromatic nitrogens is 2. The molecular weight excluding hydrogens is 328 g/mol. The van der Waals surface area contributed by atoms with E-state index in [4.69, 9.17) is 5.11 Å². The van der Waals surface area contributed by atoms with Crippen LogP contribution in [-0.2, 0) is 4.79 Å². The van der Waals surface area contributed by atoms with E-state index < -0.39 is 22.8 Å². The van der Waals surface area contributed by atoms with Crippen LogP contribution in [0.4, 0.5) is 5.69 Å². The number of nitro benzene ring substituents is 1. The molecule has 9 heteroatoms. The minimum absolute atomic E-state index is 0.0363. The van der Waals surface area contributed by atoms with Gasteiger partial charge in [-0.05, 0) is 18.6 Å². The van der Waals surface area contributed by atoms with Gasteiger partial charge in [0.2, 0.25) is 0 Å². The third-order valence-corrected chi connectivity index (χ3v) is 3.58. The highest BCUT2D eigenvalue weighted by Crippen LogP contribution is 2.16. The van der Waals surface area contributed by atoms with E-state index in [-0.39, 0.29) is 11.4 Å². The van der Waals surface area contributed by atoms with Crippen LogP contribution in [0, 0.1) is 10.1 Å². The minimum Gasteiger partial charge on any atom is -0.480 e. The van der Waals surface area contributed by atoms with Crippen molar-refractivity contribution < 1.29 is 19.6 Å². The number of carboxylic acids is 1. The molecule has 132 valence electrons. The first-order valence-electron chi connectivity index (χ1n) is 7.76. The molecule has 1 atom stereocenters. The summed E-state index contributed by atoms with van der Waals surface area (Å²) < 4.78 is 1.32. The lowest BCUT2D eigenvalue weighted by Gasteiger charge is -2.12. The van der Waals surface area contributed by atoms with E-state index in [9.17, 15) is 19.7 Å². The van der Waals surface area contributed by atoms with Gasteiger partial charge in [0.1, 0.15) is 6.04 Å². The molecule has 0 fully saturated rings. The molecule has 1 aromatic carbocycles. The highest BCUT2D eigenvalue weighted by molar-refractivity contribution is 5.94. The molecule has 0 aliphatic heterocycles. The smallest absolute Gasteiger partial charge is 0.326 e. The second kappa shape index (κ2) is 8.04. The van der Waals surface area contributed by atoms with Crippen molar-refractivity contribution in [1.29, 1.82) is 0 Å². The number of rotatable bonds is 8. The van der Waals surface area contributed by atoms with Gasteiger partial charge in [0.05, 0.1) is 10.6 Å². The Kier molecular flexibility index (Phi) is 5.83. The van der Waals surface area contributed by atoms with E-state index in [2.05, 4.69) is 10.4 Å². The average Bonchev–Trinajstić information content (AvgIpc) is 3.08. The number of unbranched alkanes of at least 4 members (excludes halogenated alkanes) is 1. The fourth-order valence-electron chi connectivity index (χ4n) is 2.24. The highest BCUT2D eigenvalue weighted by atomic mass is 16.6. The number of non-ortho nitro benzene ring substituents is 1. The number of carbonyl (C=O) groups excluding carboxylic acids is 1. The summed E-state index contributed by atoms with van der Waals surface area (Å²) in [6.45, 7) is 1.93. The Morgan fingerprint density at radius 3 is 2.80 bits per heavy atom. The van der Waals surface area contributed by atoms with Crippen LogP contribution in [0.15, 0.2) is 36.5 Å². The first-order valence-corrected chi connectivity index (χ1v) is 7.76. The zero-order valence-electron chi connectivity index (χ0n) is 13.6. The lowest BCUT2D eigenvalue weighted by Crippen LogP contribution is -2.40. The fraction of sp³-hybridized carbons (Fsp3) is 0.312. The molecule has 1 amide bonds. The third kappa shape index (κ3) is 4.63. The van der Waals surface area contributed by atoms with E-state index in [1.165, 1.54) is 35.1 Å². The molecule has 2 rings (SSSR count). The SMILES string of the molecule is CCCCC(NC(=O)c1ccn(-c2cccc([N+](=O)[O-])c2)n1)C(=O)O. The Labute approximate surface area is 143 Å². The van der Waals surface area contributed by atoms with Gasteiger partial charge >= 0.3 is 5.97 Å². The first kappa shape index (κ1) is 18.1. The minimum atomic E-state index is -1.10. The predicted octanol–water partition coefficient (Wildman–Crippen LogP) is 2.15. The topological polar surface area (TPSA) is 127 Å². The maximum atomic E-state index is 12.2. The number of carboxylic acid groups (broad SMARTS) is 1. The van der Waals surface area contributed by atoms with Crippen LogP contribution in [0.3, 0.4) is 0 Å². The van der Waals surface area contributed by atoms with Crippen molar-refractivity contribution in [2.45, 2.75) is 32.2 Å². The van der Waals surface area contributed by atoms with Gasteiger partial charge in [0.25, 0.3) is 11.6 Å². The molecule has 2 aromatic rings. The molecule has 0 saturated carbocycles. The molecule has 0 spiro atoms. The summed E-state index contributed by atoms with van der Waals surface area (Å²) in [5, 5.41) is 26.5. The number of benzene rings is 1. The summed E-state index contributed by atoms with van der Waals surface area (Å²) in [6, 6.07) is 6.26. The summed E-state index contributed by atoms with van der Waals surface area (Å²) in [4.78, 5) is 33.7. The van der Waals surface area contributed by atoms with Crippen LogP contribution in [-0.4, -0.2) is 37.7 Å². The highest BCUT2D eigenvalue weighted by Gasteiger charge is 2.21. The Bertz CT molecular complexity index is 786. The van der Waals surface area contributed by atoms with Crippen LogP contribution in [0.5, 0.6) is 0 Å². The quantitative estimate of drug-likeness (QED) is 0.557. The fourth-order valence-corrected chi connectivity index (χ4v) is 2.24. The summed E-state index contributed by atoms with van der Waals surface area (Å²) >= 11 is 0. The second-order valence-corrected chi connectivity index (χ2v) is 5.43. The van der Waals surface area contributed by atoms with Gasteiger partial charge in [-0.25, -0.2) is 9.48 Å². The average molecular weight is 346 g/mol. The molecular formula is C16H18N4O5. The van der Waals surface area contributed by atoms with Gasteiger partial charge in [-0.2, -0.15) is 5.10 Å². The molecule has 2 N–H and O–H groups in total. The van der Waals surface area contributed by atoms with E-state index in [1.807, 2.05) is 6.92 Å². The number of hydrogen-bond donors (Lipinski definition) is 2. The maximum Gasteiger partial charge on any atom is 0.326 e. The Balaban J connectivity index is 2.14. The number of nitrogens with one attached hydrogen (secondary N) is 1. The lowest BCUT2D eigenvalue weighted by molar-refractivity contribution is -0.384. The standard InChI is InChI=1S/C16H18N4O5/c1-2-3-7-14(16(22)23)17-15(21)13-8-9-19(18-13)11-5-4-6-12(10-11)20(24)25/h4-6,8-10,14H,2-3,7H2,1H3,(H,17,21)(H,22,23). The molecule has 0 radical (unpaired) electrons. The largest absolute Gasteiger partial charge is 0.480 e. The van der Waals surface area contributed by atoms with Gasteiger partial charge < -0.3 is 10.4 Å². The van der Waals surface area contributed by atoms with E-state index in [0.717, 1.165) is 6.42 Å². The van der Waals surface area contributed by atoms with Crippen molar-refractivity contribution in [2.24, 2.45) is 0 Å². The van der Waals surface area contributed by atoms with Crippen molar-refractivity contribution in [1.82, 2.24) is 15.1 Å². The maximum absolute atomic E-state index is 12.2. The van der Waals surface area contributed by atoms with Crippen molar-refractivity contribution in [2.75, 3.05) is 0 Å². The molecule has 0 aliphatic carbocycles. The zero-order valence-corrected chi connectivity index (χ0v) is 13.6. The summed E-state index contributed by atoms with van der Waals surface area (Å²) in [6.07, 6.45) is 3.32. The number of nitrogens with zero attached hydrogens (tertiary/aromatic N) is 3. The van der Waals surface area contributed by atoms with Crippen LogP contribution in [0.2, 0.25) is 0 Å². The van der Waals surface area contributed by atoms with Crippen molar-refractivity contribution >= 4 is 17.6 Å². The Hall–Kier alpha value is -3.23. The summed E-state index contributed by atoms with van der Waals surface area (Å²) in [5.41, 5.74) is 0.368. The van der Waals surface area contributed by atoms with Gasteiger partial charge in [-0.3, -0.25) is 14.9 Å². The van der Waals surface area contributed by atoms with Crippen molar-refractivity contribution in [3.8, 4) is 5.69 Å². The molecule has 1 unspecified atom stereocenters. The Morgan fingerprint density at radius 2 is 2.16 bits per heavy atom. The molecule has 0 saturated heterocycles. The number of carbonyl (C=O) groups is 2. The number of hydrogen-bond acceptors (Lipinski definition) is 5.